The summed E-state index contributed by atoms with van der Waals surface area (Å²) < 4.78 is 0. The Bertz CT molecular complexity index is 1290. The van der Waals surface area contributed by atoms with Gasteiger partial charge in [-0.05, 0) is 42.8 Å². The quantitative estimate of drug-likeness (QED) is 0.402. The number of para-hydroxylation sites is 3. The summed E-state index contributed by atoms with van der Waals surface area (Å²) >= 11 is 0. The summed E-state index contributed by atoms with van der Waals surface area (Å²) in [6.45, 7) is 2.05. The minimum Gasteiger partial charge on any atom is -0.324 e. The van der Waals surface area contributed by atoms with Gasteiger partial charge in [-0.25, -0.2) is 4.98 Å². The Hall–Kier alpha value is -3.93. The fourth-order valence-corrected chi connectivity index (χ4v) is 3.23. The van der Waals surface area contributed by atoms with Crippen LogP contribution in [0, 0.1) is 6.92 Å². The number of nitrogens with zero attached hydrogens (tertiary/aromatic N) is 3. The van der Waals surface area contributed by atoms with Crippen LogP contribution in [0.25, 0.3) is 21.8 Å². The molecule has 2 heterocycles. The Morgan fingerprint density at radius 3 is 2.36 bits per heavy atom. The number of aryl methyl sites for hydroxylation is 1. The van der Waals surface area contributed by atoms with Crippen molar-refractivity contribution >= 4 is 45.1 Å². The number of rotatable bonds is 4. The van der Waals surface area contributed by atoms with Crippen LogP contribution in [0.4, 0.5) is 23.3 Å². The van der Waals surface area contributed by atoms with Crippen LogP contribution >= 0.6 is 0 Å². The second kappa shape index (κ2) is 6.66. The molecule has 0 unspecified atom stereocenters. The van der Waals surface area contributed by atoms with Crippen LogP contribution in [0.3, 0.4) is 0 Å². The molecule has 0 aliphatic carbocycles. The second-order valence-corrected chi connectivity index (χ2v) is 6.60. The van der Waals surface area contributed by atoms with Gasteiger partial charge in [0.15, 0.2) is 5.82 Å². The van der Waals surface area contributed by atoms with Crippen molar-refractivity contribution in [2.45, 2.75) is 6.92 Å². The predicted octanol–water partition coefficient (Wildman–Crippen LogP) is 5.30. The van der Waals surface area contributed by atoms with Crippen LogP contribution in [-0.4, -0.2) is 20.2 Å². The number of aromatic nitrogens is 4. The molecule has 3 N–H and O–H groups in total. The molecule has 0 atom stereocenters. The minimum absolute atomic E-state index is 0.537. The molecule has 3 aromatic carbocycles. The van der Waals surface area contributed by atoms with E-state index in [0.29, 0.717) is 11.8 Å². The highest BCUT2D eigenvalue weighted by atomic mass is 15.2. The van der Waals surface area contributed by atoms with Crippen LogP contribution < -0.4 is 10.6 Å². The molecule has 0 bridgehead atoms. The van der Waals surface area contributed by atoms with Crippen molar-refractivity contribution in [2.24, 2.45) is 0 Å². The topological polar surface area (TPSA) is 78.5 Å². The lowest BCUT2D eigenvalue weighted by Gasteiger charge is -2.12. The lowest BCUT2D eigenvalue weighted by atomic mass is 10.2. The third kappa shape index (κ3) is 2.91. The van der Waals surface area contributed by atoms with Gasteiger partial charge in [0.2, 0.25) is 5.95 Å². The normalized spacial score (nSPS) is 11.0. The van der Waals surface area contributed by atoms with Gasteiger partial charge < -0.3 is 10.6 Å². The van der Waals surface area contributed by atoms with Crippen LogP contribution in [0.15, 0.2) is 72.8 Å². The monoisotopic (exact) mass is 366 g/mol. The lowest BCUT2D eigenvalue weighted by Crippen LogP contribution is -2.03. The molecule has 5 rings (SSSR count). The van der Waals surface area contributed by atoms with E-state index in [1.807, 2.05) is 66.7 Å². The van der Waals surface area contributed by atoms with Gasteiger partial charge in [-0.1, -0.05) is 42.5 Å². The van der Waals surface area contributed by atoms with Gasteiger partial charge in [0.05, 0.1) is 11.0 Å². The van der Waals surface area contributed by atoms with Crippen molar-refractivity contribution < 1.29 is 0 Å². The van der Waals surface area contributed by atoms with Gasteiger partial charge in [-0.2, -0.15) is 10.1 Å². The van der Waals surface area contributed by atoms with Gasteiger partial charge >= 0.3 is 0 Å². The van der Waals surface area contributed by atoms with Gasteiger partial charge in [0, 0.05) is 16.5 Å². The molecular weight excluding hydrogens is 348 g/mol. The first kappa shape index (κ1) is 16.3. The van der Waals surface area contributed by atoms with Crippen LogP contribution in [0.2, 0.25) is 0 Å². The number of aromatic amines is 1. The predicted molar refractivity (Wildman–Crippen MR) is 113 cm³/mol. The van der Waals surface area contributed by atoms with E-state index in [1.54, 1.807) is 0 Å². The summed E-state index contributed by atoms with van der Waals surface area (Å²) in [6, 6.07) is 24.0. The number of H-pyrrole nitrogens is 1. The Balaban J connectivity index is 1.60. The van der Waals surface area contributed by atoms with Crippen molar-refractivity contribution in [1.82, 2.24) is 20.2 Å². The molecule has 0 saturated carbocycles. The molecule has 0 amide bonds. The molecule has 5 aromatic rings. The van der Waals surface area contributed by atoms with Crippen molar-refractivity contribution in [3.63, 3.8) is 0 Å². The van der Waals surface area contributed by atoms with Crippen molar-refractivity contribution in [1.29, 1.82) is 0 Å². The fourth-order valence-electron chi connectivity index (χ4n) is 3.23. The number of hydrogen-bond acceptors (Lipinski definition) is 5. The zero-order chi connectivity index (χ0) is 18.9. The third-order valence-electron chi connectivity index (χ3n) is 4.70. The largest absolute Gasteiger partial charge is 0.324 e. The smallest absolute Gasteiger partial charge is 0.229 e. The van der Waals surface area contributed by atoms with Crippen LogP contribution in [-0.2, 0) is 0 Å². The van der Waals surface area contributed by atoms with Gasteiger partial charge in [0.1, 0.15) is 5.82 Å². The number of anilines is 4. The summed E-state index contributed by atoms with van der Waals surface area (Å²) in [7, 11) is 0. The summed E-state index contributed by atoms with van der Waals surface area (Å²) in [6.07, 6.45) is 0. The fraction of sp³-hybridized carbons (Fsp3) is 0.0455. The summed E-state index contributed by atoms with van der Waals surface area (Å²) in [5.41, 5.74) is 3.94. The average molecular weight is 366 g/mol. The van der Waals surface area contributed by atoms with Crippen molar-refractivity contribution in [3.8, 4) is 0 Å². The Morgan fingerprint density at radius 2 is 1.46 bits per heavy atom. The van der Waals surface area contributed by atoms with Gasteiger partial charge in [-0.15, -0.1) is 0 Å². The molecule has 6 nitrogen and oxygen atoms in total. The molecule has 28 heavy (non-hydrogen) atoms. The second-order valence-electron chi connectivity index (χ2n) is 6.60. The van der Waals surface area contributed by atoms with Gasteiger partial charge in [-0.3, -0.25) is 5.10 Å². The highest BCUT2D eigenvalue weighted by molar-refractivity contribution is 5.96. The van der Waals surface area contributed by atoms with E-state index in [4.69, 9.17) is 4.98 Å². The molecule has 0 aliphatic heterocycles. The Kier molecular flexibility index (Phi) is 3.87. The molecule has 6 heteroatoms. The maximum absolute atomic E-state index is 4.73. The number of benzene rings is 3. The van der Waals surface area contributed by atoms with Crippen LogP contribution in [0.1, 0.15) is 5.56 Å². The van der Waals surface area contributed by atoms with Crippen molar-refractivity contribution in [3.05, 3.63) is 78.4 Å². The summed E-state index contributed by atoms with van der Waals surface area (Å²) in [4.78, 5) is 9.41. The SMILES string of the molecule is Cc1ccccc1Nc1nc(Nc2n[nH]c3ccccc23)c2ccccc2n1. The first-order chi connectivity index (χ1) is 13.8. The minimum atomic E-state index is 0.537. The van der Waals surface area contributed by atoms with Crippen LogP contribution in [0.5, 0.6) is 0 Å². The molecule has 0 aliphatic rings. The molecule has 0 fully saturated rings. The van der Waals surface area contributed by atoms with E-state index >= 15 is 0 Å². The highest BCUT2D eigenvalue weighted by Crippen LogP contribution is 2.29. The third-order valence-corrected chi connectivity index (χ3v) is 4.70. The van der Waals surface area contributed by atoms with Crippen molar-refractivity contribution in [2.75, 3.05) is 10.6 Å². The maximum Gasteiger partial charge on any atom is 0.229 e. The molecule has 0 spiro atoms. The van der Waals surface area contributed by atoms with E-state index in [1.165, 1.54) is 0 Å². The first-order valence-corrected chi connectivity index (χ1v) is 9.07. The molecule has 0 saturated heterocycles. The average Bonchev–Trinajstić information content (AvgIpc) is 3.13. The van der Waals surface area contributed by atoms with E-state index in [9.17, 15) is 0 Å². The first-order valence-electron chi connectivity index (χ1n) is 9.07. The highest BCUT2D eigenvalue weighted by Gasteiger charge is 2.12. The van der Waals surface area contributed by atoms with E-state index in [-0.39, 0.29) is 0 Å². The zero-order valence-electron chi connectivity index (χ0n) is 15.3. The Labute approximate surface area is 161 Å². The zero-order valence-corrected chi connectivity index (χ0v) is 15.3. The Morgan fingerprint density at radius 1 is 0.714 bits per heavy atom. The standard InChI is InChI=1S/C22H18N6/c1-14-8-2-5-11-17(14)23-22-24-18-12-6-3-9-15(18)20(26-22)25-21-16-10-4-7-13-19(16)27-28-21/h2-13H,1H3,(H3,23,24,25,26,27,28). The summed E-state index contributed by atoms with van der Waals surface area (Å²) in [5, 5.41) is 16.1. The number of fused-ring (bicyclic) bond motifs is 2. The molecule has 0 radical (unpaired) electrons. The summed E-state index contributed by atoms with van der Waals surface area (Å²) in [5.74, 6) is 1.98. The van der Waals surface area contributed by atoms with E-state index in [2.05, 4.69) is 38.8 Å². The number of nitrogens with one attached hydrogen (secondary N) is 3. The maximum atomic E-state index is 4.73. The van der Waals surface area contributed by atoms with E-state index in [0.717, 1.165) is 38.9 Å². The molecule has 136 valence electrons. The molecule has 2 aromatic heterocycles. The van der Waals surface area contributed by atoms with Gasteiger partial charge in [0.25, 0.3) is 0 Å². The van der Waals surface area contributed by atoms with E-state index < -0.39 is 0 Å². The lowest BCUT2D eigenvalue weighted by molar-refractivity contribution is 1.11. The number of hydrogen-bond donors (Lipinski definition) is 3. The molecular formula is C22H18N6.